The molecule has 2 aliphatic rings. The number of thiophene rings is 1. The van der Waals surface area contributed by atoms with E-state index in [0.29, 0.717) is 13.2 Å². The fraction of sp³-hybridized carbons (Fsp3) is 0.478. The van der Waals surface area contributed by atoms with Crippen molar-refractivity contribution in [2.75, 3.05) is 19.7 Å². The smallest absolute Gasteiger partial charge is 0.242 e. The number of benzene rings is 1. The second-order valence-corrected chi connectivity index (χ2v) is 9.13. The number of carbonyl (C=O) groups is 2. The van der Waals surface area contributed by atoms with Crippen LogP contribution in [0.15, 0.2) is 41.8 Å². The number of rotatable bonds is 7. The van der Waals surface area contributed by atoms with Crippen LogP contribution in [0.25, 0.3) is 0 Å². The van der Waals surface area contributed by atoms with Gasteiger partial charge in [-0.2, -0.15) is 0 Å². The Bertz CT molecular complexity index is 860. The van der Waals surface area contributed by atoms with Gasteiger partial charge >= 0.3 is 0 Å². The SMILES string of the molecule is CC(C)C(=O)N(CC(=O)N1CCc2sccc2[C@H]1COc1ccccc1)C1CC1. The van der Waals surface area contributed by atoms with Crippen molar-refractivity contribution >= 4 is 23.2 Å². The largest absolute Gasteiger partial charge is 0.491 e. The van der Waals surface area contributed by atoms with Crippen LogP contribution in [0.4, 0.5) is 0 Å². The average molecular weight is 413 g/mol. The minimum Gasteiger partial charge on any atom is -0.491 e. The number of hydrogen-bond donors (Lipinski definition) is 0. The lowest BCUT2D eigenvalue weighted by molar-refractivity contribution is -0.144. The summed E-state index contributed by atoms with van der Waals surface area (Å²) in [6, 6.07) is 11.9. The van der Waals surface area contributed by atoms with Gasteiger partial charge in [-0.25, -0.2) is 0 Å². The van der Waals surface area contributed by atoms with Crippen molar-refractivity contribution in [3.63, 3.8) is 0 Å². The fourth-order valence-electron chi connectivity index (χ4n) is 3.91. The van der Waals surface area contributed by atoms with Crippen LogP contribution >= 0.6 is 11.3 Å². The van der Waals surface area contributed by atoms with E-state index in [-0.39, 0.29) is 36.4 Å². The number of para-hydroxylation sites is 1. The van der Waals surface area contributed by atoms with Crippen molar-refractivity contribution in [3.05, 3.63) is 52.2 Å². The highest BCUT2D eigenvalue weighted by Gasteiger charge is 2.38. The molecule has 1 aliphatic carbocycles. The Morgan fingerprint density at radius 1 is 1.21 bits per heavy atom. The van der Waals surface area contributed by atoms with E-state index in [1.54, 1.807) is 16.2 Å². The van der Waals surface area contributed by atoms with E-state index in [2.05, 4.69) is 11.4 Å². The Hall–Kier alpha value is -2.34. The molecule has 1 aromatic heterocycles. The van der Waals surface area contributed by atoms with Gasteiger partial charge in [0.1, 0.15) is 18.9 Å². The van der Waals surface area contributed by atoms with Crippen molar-refractivity contribution in [2.45, 2.75) is 45.2 Å². The number of hydrogen-bond acceptors (Lipinski definition) is 4. The number of amides is 2. The summed E-state index contributed by atoms with van der Waals surface area (Å²) in [5.74, 6) is 0.804. The average Bonchev–Trinajstić information content (AvgIpc) is 3.46. The Morgan fingerprint density at radius 2 is 1.97 bits per heavy atom. The molecule has 1 aliphatic heterocycles. The zero-order valence-corrected chi connectivity index (χ0v) is 17.9. The molecule has 0 N–H and O–H groups in total. The van der Waals surface area contributed by atoms with Gasteiger partial charge < -0.3 is 14.5 Å². The lowest BCUT2D eigenvalue weighted by Gasteiger charge is -2.37. The zero-order valence-electron chi connectivity index (χ0n) is 17.0. The Balaban J connectivity index is 1.50. The number of fused-ring (bicyclic) bond motifs is 1. The Labute approximate surface area is 176 Å². The summed E-state index contributed by atoms with van der Waals surface area (Å²) in [4.78, 5) is 31.0. The summed E-state index contributed by atoms with van der Waals surface area (Å²) >= 11 is 1.74. The van der Waals surface area contributed by atoms with Crippen LogP contribution in [0.3, 0.4) is 0 Å². The lowest BCUT2D eigenvalue weighted by Crippen LogP contribution is -2.49. The predicted molar refractivity (Wildman–Crippen MR) is 114 cm³/mol. The van der Waals surface area contributed by atoms with Crippen LogP contribution in [0, 0.1) is 5.92 Å². The zero-order chi connectivity index (χ0) is 20.4. The highest BCUT2D eigenvalue weighted by Crippen LogP contribution is 2.35. The third-order valence-electron chi connectivity index (χ3n) is 5.64. The van der Waals surface area contributed by atoms with Crippen molar-refractivity contribution in [1.82, 2.24) is 9.80 Å². The molecule has 0 saturated heterocycles. The number of carbonyl (C=O) groups excluding carboxylic acids is 2. The Kier molecular flexibility index (Phi) is 5.90. The van der Waals surface area contributed by atoms with Gasteiger partial charge in [-0.05, 0) is 48.4 Å². The summed E-state index contributed by atoms with van der Waals surface area (Å²) < 4.78 is 6.03. The second-order valence-electron chi connectivity index (χ2n) is 8.13. The first-order valence-electron chi connectivity index (χ1n) is 10.4. The van der Waals surface area contributed by atoms with Gasteiger partial charge in [-0.1, -0.05) is 32.0 Å². The van der Waals surface area contributed by atoms with E-state index < -0.39 is 0 Å². The molecule has 5 nitrogen and oxygen atoms in total. The molecule has 0 unspecified atom stereocenters. The molecule has 4 rings (SSSR count). The maximum Gasteiger partial charge on any atom is 0.242 e. The van der Waals surface area contributed by atoms with Crippen LogP contribution in [-0.2, 0) is 16.0 Å². The predicted octanol–water partition coefficient (Wildman–Crippen LogP) is 3.90. The molecule has 1 atom stereocenters. The van der Waals surface area contributed by atoms with Gasteiger partial charge in [-0.15, -0.1) is 11.3 Å². The van der Waals surface area contributed by atoms with E-state index in [1.807, 2.05) is 49.1 Å². The number of ether oxygens (including phenoxy) is 1. The van der Waals surface area contributed by atoms with E-state index in [4.69, 9.17) is 4.74 Å². The molecule has 6 heteroatoms. The minimum atomic E-state index is -0.118. The first-order chi connectivity index (χ1) is 14.0. The summed E-state index contributed by atoms with van der Waals surface area (Å²) in [6.45, 7) is 5.06. The molecule has 0 spiro atoms. The third-order valence-corrected chi connectivity index (χ3v) is 6.63. The molecular weight excluding hydrogens is 384 g/mol. The van der Waals surface area contributed by atoms with Crippen LogP contribution in [0.5, 0.6) is 5.75 Å². The van der Waals surface area contributed by atoms with E-state index in [0.717, 1.165) is 25.0 Å². The van der Waals surface area contributed by atoms with Gasteiger partial charge in [-0.3, -0.25) is 9.59 Å². The van der Waals surface area contributed by atoms with Gasteiger partial charge in [0, 0.05) is 23.4 Å². The van der Waals surface area contributed by atoms with E-state index >= 15 is 0 Å². The monoisotopic (exact) mass is 412 g/mol. The van der Waals surface area contributed by atoms with Gasteiger partial charge in [0.15, 0.2) is 0 Å². The van der Waals surface area contributed by atoms with E-state index in [9.17, 15) is 9.59 Å². The van der Waals surface area contributed by atoms with Crippen LogP contribution in [0.2, 0.25) is 0 Å². The quantitative estimate of drug-likeness (QED) is 0.693. The summed E-state index contributed by atoms with van der Waals surface area (Å²) in [5, 5.41) is 2.09. The third kappa shape index (κ3) is 4.47. The van der Waals surface area contributed by atoms with Gasteiger partial charge in [0.05, 0.1) is 6.04 Å². The van der Waals surface area contributed by atoms with Gasteiger partial charge in [0.2, 0.25) is 11.8 Å². The standard InChI is InChI=1S/C23H28N2O3S/c1-16(2)23(27)25(17-8-9-17)14-22(26)24-12-10-21-19(11-13-29-21)20(24)15-28-18-6-4-3-5-7-18/h3-7,11,13,16-17,20H,8-10,12,14-15H2,1-2H3/t20-/m1/s1. The molecular formula is C23H28N2O3S. The molecule has 29 heavy (non-hydrogen) atoms. The van der Waals surface area contributed by atoms with Gasteiger partial charge in [0.25, 0.3) is 0 Å². The normalized spacial score (nSPS) is 18.4. The fourth-order valence-corrected chi connectivity index (χ4v) is 4.84. The first-order valence-corrected chi connectivity index (χ1v) is 11.3. The van der Waals surface area contributed by atoms with Crippen molar-refractivity contribution in [2.24, 2.45) is 5.92 Å². The topological polar surface area (TPSA) is 49.9 Å². The van der Waals surface area contributed by atoms with Crippen molar-refractivity contribution < 1.29 is 14.3 Å². The second kappa shape index (κ2) is 8.57. The van der Waals surface area contributed by atoms with Crippen molar-refractivity contribution in [1.29, 1.82) is 0 Å². The lowest BCUT2D eigenvalue weighted by atomic mass is 10.00. The molecule has 1 fully saturated rings. The molecule has 1 saturated carbocycles. The summed E-state index contributed by atoms with van der Waals surface area (Å²) in [6.07, 6.45) is 2.87. The molecule has 0 radical (unpaired) electrons. The van der Waals surface area contributed by atoms with Crippen LogP contribution in [0.1, 0.15) is 43.2 Å². The minimum absolute atomic E-state index is 0.0180. The highest BCUT2D eigenvalue weighted by molar-refractivity contribution is 7.10. The molecule has 154 valence electrons. The molecule has 2 amide bonds. The summed E-state index contributed by atoms with van der Waals surface area (Å²) in [7, 11) is 0. The Morgan fingerprint density at radius 3 is 2.66 bits per heavy atom. The molecule has 1 aromatic carbocycles. The summed E-state index contributed by atoms with van der Waals surface area (Å²) in [5.41, 5.74) is 1.18. The van der Waals surface area contributed by atoms with Crippen LogP contribution in [-0.4, -0.2) is 47.4 Å². The first kappa shape index (κ1) is 20.0. The maximum absolute atomic E-state index is 13.3. The number of nitrogens with zero attached hydrogens (tertiary/aromatic N) is 2. The van der Waals surface area contributed by atoms with Crippen LogP contribution < -0.4 is 4.74 Å². The molecule has 0 bridgehead atoms. The van der Waals surface area contributed by atoms with Crippen molar-refractivity contribution in [3.8, 4) is 5.75 Å². The van der Waals surface area contributed by atoms with E-state index in [1.165, 1.54) is 10.4 Å². The highest BCUT2D eigenvalue weighted by atomic mass is 32.1. The molecule has 2 heterocycles. The molecule has 2 aromatic rings. The maximum atomic E-state index is 13.3.